The highest BCUT2D eigenvalue weighted by atomic mass is 31.2. The smallest absolute Gasteiger partial charge is 0.171 e. The Morgan fingerprint density at radius 3 is 1.10 bits per heavy atom. The molecule has 0 aliphatic carbocycles. The Morgan fingerprint density at radius 2 is 0.651 bits per heavy atom. The predicted molar refractivity (Wildman–Crippen MR) is 262 cm³/mol. The lowest BCUT2D eigenvalue weighted by atomic mass is 10.1. The average molecular weight is 826 g/mol. The second-order valence-corrected chi connectivity index (χ2v) is 18.9. The number of aromatic nitrogens is 5. The first-order chi connectivity index (χ1) is 31.2. The fourth-order valence-electron chi connectivity index (χ4n) is 9.94. The zero-order valence-electron chi connectivity index (χ0n) is 33.9. The Kier molecular flexibility index (Phi) is 7.78. The predicted octanol–water partition coefficient (Wildman–Crippen LogP) is 12.6. The van der Waals surface area contributed by atoms with Gasteiger partial charge in [-0.2, -0.15) is 0 Å². The van der Waals surface area contributed by atoms with E-state index in [1.807, 2.05) is 72.8 Å². The third-order valence-corrected chi connectivity index (χ3v) is 15.8. The topological polar surface area (TPSA) is 57.6 Å². The molecule has 0 fully saturated rings. The van der Waals surface area contributed by atoms with Crippen LogP contribution in [0.2, 0.25) is 0 Å². The monoisotopic (exact) mass is 825 g/mol. The molecule has 0 aliphatic heterocycles. The SMILES string of the molecule is O=P(c1ccccc1)(c1ccccc1)c1ccc(-n2c3ccccc3c3nc4c(-n5c6ccccc6c6ccccc65)ccc(-n5c6ccccc6c6ccccc65)c4nc32)cc1. The van der Waals surface area contributed by atoms with E-state index >= 15 is 4.57 Å². The minimum Gasteiger partial charge on any atom is -0.309 e. The fraction of sp³-hybridized carbons (Fsp3) is 0. The molecule has 4 aromatic heterocycles. The van der Waals surface area contributed by atoms with Gasteiger partial charge in [0.2, 0.25) is 0 Å². The largest absolute Gasteiger partial charge is 0.309 e. The zero-order chi connectivity index (χ0) is 41.6. The van der Waals surface area contributed by atoms with E-state index in [0.717, 1.165) is 88.1 Å². The maximum absolute atomic E-state index is 15.4. The van der Waals surface area contributed by atoms with Crippen molar-refractivity contribution in [3.63, 3.8) is 0 Å². The van der Waals surface area contributed by atoms with E-state index in [1.165, 1.54) is 21.5 Å². The number of nitrogens with zero attached hydrogens (tertiary/aromatic N) is 5. The molecule has 0 saturated carbocycles. The Balaban J connectivity index is 1.12. The van der Waals surface area contributed by atoms with Gasteiger partial charge in [-0.05, 0) is 66.7 Å². The second kappa shape index (κ2) is 13.7. The van der Waals surface area contributed by atoms with E-state index < -0.39 is 7.14 Å². The van der Waals surface area contributed by atoms with Crippen LogP contribution in [0.1, 0.15) is 0 Å². The summed E-state index contributed by atoms with van der Waals surface area (Å²) in [6, 6.07) is 75.1. The molecule has 0 radical (unpaired) electrons. The van der Waals surface area contributed by atoms with Crippen molar-refractivity contribution < 1.29 is 4.57 Å². The molecule has 0 aliphatic rings. The van der Waals surface area contributed by atoms with E-state index in [0.29, 0.717) is 0 Å². The number of para-hydroxylation sites is 5. The molecule has 0 bridgehead atoms. The second-order valence-electron chi connectivity index (χ2n) is 16.1. The molecule has 0 amide bonds. The van der Waals surface area contributed by atoms with E-state index in [9.17, 15) is 0 Å². The number of rotatable bonds is 6. The van der Waals surface area contributed by atoms with E-state index in [4.69, 9.17) is 9.97 Å². The number of fused-ring (bicyclic) bond motifs is 10. The molecule has 4 heterocycles. The van der Waals surface area contributed by atoms with Crippen LogP contribution in [0.25, 0.3) is 93.8 Å². The molecule has 0 atom stereocenters. The first-order valence-electron chi connectivity index (χ1n) is 21.2. The van der Waals surface area contributed by atoms with Gasteiger partial charge in [-0.1, -0.05) is 152 Å². The quantitative estimate of drug-likeness (QED) is 0.157. The Hall–Kier alpha value is -8.05. The number of benzene rings is 9. The highest BCUT2D eigenvalue weighted by Crippen LogP contribution is 2.44. The van der Waals surface area contributed by atoms with Crippen LogP contribution in [-0.4, -0.2) is 23.7 Å². The molecule has 13 aromatic rings. The standard InChI is InChI=1S/C56H36N5OP/c62-63(38-17-3-1-4-18-38,39-19-5-2-6-20-39)40-33-31-37(32-34-40)59-50-30-16-11-25-45(50)53-56(59)58-55-52(61-48-28-14-9-23-43(48)44-24-10-15-29-49(44)61)36-35-51(54(55)57-53)60-46-26-12-7-21-41(46)42-22-8-13-27-47(42)60/h1-36H. The summed E-state index contributed by atoms with van der Waals surface area (Å²) in [6.07, 6.45) is 0. The van der Waals surface area contributed by atoms with Crippen LogP contribution in [0.3, 0.4) is 0 Å². The molecular weight excluding hydrogens is 790 g/mol. The molecule has 296 valence electrons. The third-order valence-electron chi connectivity index (χ3n) is 12.7. The Labute approximate surface area is 361 Å². The lowest BCUT2D eigenvalue weighted by Gasteiger charge is -2.20. The Morgan fingerprint density at radius 1 is 0.302 bits per heavy atom. The fourth-order valence-corrected chi connectivity index (χ4v) is 12.6. The Bertz CT molecular complexity index is 3850. The van der Waals surface area contributed by atoms with Gasteiger partial charge < -0.3 is 13.7 Å². The van der Waals surface area contributed by atoms with Crippen molar-refractivity contribution >= 4 is 99.8 Å². The van der Waals surface area contributed by atoms with Crippen LogP contribution in [0.4, 0.5) is 0 Å². The molecule has 0 unspecified atom stereocenters. The van der Waals surface area contributed by atoms with Gasteiger partial charge in [0.05, 0.1) is 39.0 Å². The molecule has 6 nitrogen and oxygen atoms in total. The summed E-state index contributed by atoms with van der Waals surface area (Å²) in [6.45, 7) is 0. The molecule has 13 rings (SSSR count). The minimum atomic E-state index is -3.18. The van der Waals surface area contributed by atoms with E-state index in [-0.39, 0.29) is 0 Å². The summed E-state index contributed by atoms with van der Waals surface area (Å²) in [4.78, 5) is 11.5. The summed E-state index contributed by atoms with van der Waals surface area (Å²) >= 11 is 0. The lowest BCUT2D eigenvalue weighted by Crippen LogP contribution is -2.24. The van der Waals surface area contributed by atoms with Gasteiger partial charge in [0.15, 0.2) is 12.8 Å². The van der Waals surface area contributed by atoms with Gasteiger partial charge in [0.25, 0.3) is 0 Å². The molecule has 0 saturated heterocycles. The van der Waals surface area contributed by atoms with Crippen molar-refractivity contribution in [1.82, 2.24) is 23.7 Å². The van der Waals surface area contributed by atoms with Crippen molar-refractivity contribution in [2.75, 3.05) is 0 Å². The summed E-state index contributed by atoms with van der Waals surface area (Å²) < 4.78 is 22.3. The molecule has 0 N–H and O–H groups in total. The minimum absolute atomic E-state index is 0.743. The van der Waals surface area contributed by atoms with Crippen molar-refractivity contribution in [2.24, 2.45) is 0 Å². The van der Waals surface area contributed by atoms with Gasteiger partial charge in [-0.15, -0.1) is 0 Å². The van der Waals surface area contributed by atoms with Crippen molar-refractivity contribution in [1.29, 1.82) is 0 Å². The third kappa shape index (κ3) is 5.16. The molecular formula is C56H36N5OP. The highest BCUT2D eigenvalue weighted by molar-refractivity contribution is 7.85. The van der Waals surface area contributed by atoms with Gasteiger partial charge >= 0.3 is 0 Å². The van der Waals surface area contributed by atoms with E-state index in [2.05, 4.69) is 159 Å². The van der Waals surface area contributed by atoms with Crippen LogP contribution in [0.15, 0.2) is 218 Å². The van der Waals surface area contributed by atoms with Crippen LogP contribution < -0.4 is 15.9 Å². The van der Waals surface area contributed by atoms with E-state index in [1.54, 1.807) is 0 Å². The molecule has 0 spiro atoms. The summed E-state index contributed by atoms with van der Waals surface area (Å²) in [5.41, 5.74) is 11.4. The van der Waals surface area contributed by atoms with Crippen LogP contribution >= 0.6 is 7.14 Å². The first kappa shape index (κ1) is 35.7. The van der Waals surface area contributed by atoms with Crippen molar-refractivity contribution in [3.8, 4) is 17.1 Å². The molecule has 7 heteroatoms. The van der Waals surface area contributed by atoms with Crippen molar-refractivity contribution in [3.05, 3.63) is 218 Å². The maximum atomic E-state index is 15.4. The number of hydrogen-bond acceptors (Lipinski definition) is 3. The van der Waals surface area contributed by atoms with Crippen molar-refractivity contribution in [2.45, 2.75) is 0 Å². The summed E-state index contributed by atoms with van der Waals surface area (Å²) in [7, 11) is -3.18. The summed E-state index contributed by atoms with van der Waals surface area (Å²) in [5, 5.41) is 8.10. The maximum Gasteiger partial charge on any atom is 0.171 e. The summed E-state index contributed by atoms with van der Waals surface area (Å²) in [5.74, 6) is 0. The zero-order valence-corrected chi connectivity index (χ0v) is 34.8. The van der Waals surface area contributed by atoms with Gasteiger partial charge in [0, 0.05) is 48.5 Å². The number of hydrogen-bond donors (Lipinski definition) is 0. The van der Waals surface area contributed by atoms with Crippen LogP contribution in [-0.2, 0) is 4.57 Å². The van der Waals surface area contributed by atoms with Crippen LogP contribution in [0.5, 0.6) is 0 Å². The van der Waals surface area contributed by atoms with Gasteiger partial charge in [0.1, 0.15) is 16.6 Å². The normalized spacial score (nSPS) is 12.2. The average Bonchev–Trinajstić information content (AvgIpc) is 3.99. The molecule has 9 aromatic carbocycles. The highest BCUT2D eigenvalue weighted by Gasteiger charge is 2.30. The van der Waals surface area contributed by atoms with Gasteiger partial charge in [-0.25, -0.2) is 9.97 Å². The van der Waals surface area contributed by atoms with Gasteiger partial charge in [-0.3, -0.25) is 4.57 Å². The lowest BCUT2D eigenvalue weighted by molar-refractivity contribution is 0.592. The molecule has 63 heavy (non-hydrogen) atoms. The first-order valence-corrected chi connectivity index (χ1v) is 22.9. The van der Waals surface area contributed by atoms with Crippen LogP contribution in [0, 0.1) is 0 Å².